The summed E-state index contributed by atoms with van der Waals surface area (Å²) in [6.07, 6.45) is 2.26. The Kier molecular flexibility index (Phi) is 5.64. The van der Waals surface area contributed by atoms with Gasteiger partial charge >= 0.3 is 0 Å². The summed E-state index contributed by atoms with van der Waals surface area (Å²) in [6.45, 7) is 7.92. The zero-order valence-corrected chi connectivity index (χ0v) is 16.4. The van der Waals surface area contributed by atoms with Crippen LogP contribution in [0.1, 0.15) is 55.1 Å². The number of amides is 2. The van der Waals surface area contributed by atoms with Gasteiger partial charge < -0.3 is 10.2 Å². The molecular weight excluding hydrogens is 336 g/mol. The molecular formula is C23H28N2O2. The van der Waals surface area contributed by atoms with Crippen molar-refractivity contribution in [1.82, 2.24) is 5.32 Å². The van der Waals surface area contributed by atoms with Crippen LogP contribution < -0.4 is 10.2 Å². The minimum atomic E-state index is -0.102. The molecule has 0 aromatic heterocycles. The minimum Gasteiger partial charge on any atom is -0.352 e. The van der Waals surface area contributed by atoms with Crippen molar-refractivity contribution in [3.05, 3.63) is 65.2 Å². The van der Waals surface area contributed by atoms with Crippen LogP contribution in [0.5, 0.6) is 0 Å². The lowest BCUT2D eigenvalue weighted by molar-refractivity contribution is -0.117. The monoisotopic (exact) mass is 364 g/mol. The Morgan fingerprint density at radius 3 is 2.48 bits per heavy atom. The largest absolute Gasteiger partial charge is 0.352 e. The number of rotatable bonds is 5. The third kappa shape index (κ3) is 4.76. The Balaban J connectivity index is 1.56. The highest BCUT2D eigenvalue weighted by Crippen LogP contribution is 2.23. The number of carbonyl (C=O) groups is 2. The molecule has 0 unspecified atom stereocenters. The SMILES string of the molecule is CC(C)(C)c1ccc(CCNC(=O)c2cccc(N3CCCC3=O)c2)cc1. The highest BCUT2D eigenvalue weighted by Gasteiger charge is 2.22. The summed E-state index contributed by atoms with van der Waals surface area (Å²) < 4.78 is 0. The summed E-state index contributed by atoms with van der Waals surface area (Å²) in [5, 5.41) is 2.98. The van der Waals surface area contributed by atoms with E-state index in [1.807, 2.05) is 12.1 Å². The van der Waals surface area contributed by atoms with Crippen LogP contribution in [0.25, 0.3) is 0 Å². The normalized spacial score (nSPS) is 14.5. The molecule has 0 saturated carbocycles. The third-order valence-electron chi connectivity index (χ3n) is 5.01. The van der Waals surface area contributed by atoms with E-state index in [0.717, 1.165) is 25.1 Å². The van der Waals surface area contributed by atoms with Crippen LogP contribution in [-0.4, -0.2) is 24.9 Å². The molecule has 0 radical (unpaired) electrons. The van der Waals surface area contributed by atoms with Crippen LogP contribution >= 0.6 is 0 Å². The summed E-state index contributed by atoms with van der Waals surface area (Å²) >= 11 is 0. The van der Waals surface area contributed by atoms with E-state index < -0.39 is 0 Å². The first-order valence-electron chi connectivity index (χ1n) is 9.63. The summed E-state index contributed by atoms with van der Waals surface area (Å²) in [6, 6.07) is 15.9. The van der Waals surface area contributed by atoms with E-state index >= 15 is 0 Å². The van der Waals surface area contributed by atoms with E-state index in [1.165, 1.54) is 11.1 Å². The van der Waals surface area contributed by atoms with Crippen LogP contribution in [0, 0.1) is 0 Å². The quantitative estimate of drug-likeness (QED) is 0.869. The summed E-state index contributed by atoms with van der Waals surface area (Å²) in [4.78, 5) is 26.1. The molecule has 142 valence electrons. The summed E-state index contributed by atoms with van der Waals surface area (Å²) in [5.41, 5.74) is 4.07. The molecule has 2 aromatic rings. The molecule has 4 nitrogen and oxygen atoms in total. The van der Waals surface area contributed by atoms with Gasteiger partial charge in [-0.15, -0.1) is 0 Å². The molecule has 1 aliphatic rings. The van der Waals surface area contributed by atoms with Crippen LogP contribution in [0.15, 0.2) is 48.5 Å². The Morgan fingerprint density at radius 2 is 1.85 bits per heavy atom. The van der Waals surface area contributed by atoms with Crippen molar-refractivity contribution >= 4 is 17.5 Å². The van der Waals surface area contributed by atoms with E-state index in [-0.39, 0.29) is 17.2 Å². The smallest absolute Gasteiger partial charge is 0.251 e. The molecule has 0 spiro atoms. The van der Waals surface area contributed by atoms with Gasteiger partial charge in [-0.1, -0.05) is 51.1 Å². The number of benzene rings is 2. The number of hydrogen-bond donors (Lipinski definition) is 1. The maximum Gasteiger partial charge on any atom is 0.251 e. The van der Waals surface area contributed by atoms with Gasteiger partial charge in [0, 0.05) is 30.8 Å². The molecule has 0 bridgehead atoms. The fourth-order valence-corrected chi connectivity index (χ4v) is 3.33. The van der Waals surface area contributed by atoms with E-state index in [9.17, 15) is 9.59 Å². The van der Waals surface area contributed by atoms with Crippen molar-refractivity contribution in [1.29, 1.82) is 0 Å². The van der Waals surface area contributed by atoms with Crippen molar-refractivity contribution in [2.75, 3.05) is 18.0 Å². The van der Waals surface area contributed by atoms with Gasteiger partial charge in [0.05, 0.1) is 0 Å². The van der Waals surface area contributed by atoms with Crippen molar-refractivity contribution in [3.8, 4) is 0 Å². The topological polar surface area (TPSA) is 49.4 Å². The predicted octanol–water partition coefficient (Wildman–Crippen LogP) is 4.08. The molecule has 4 heteroatoms. The highest BCUT2D eigenvalue weighted by molar-refractivity contribution is 5.99. The number of nitrogens with zero attached hydrogens (tertiary/aromatic N) is 1. The van der Waals surface area contributed by atoms with Gasteiger partial charge in [0.25, 0.3) is 5.91 Å². The van der Waals surface area contributed by atoms with Crippen LogP contribution in [0.2, 0.25) is 0 Å². The molecule has 1 saturated heterocycles. The fourth-order valence-electron chi connectivity index (χ4n) is 3.33. The average molecular weight is 364 g/mol. The molecule has 1 fully saturated rings. The molecule has 0 atom stereocenters. The maximum absolute atomic E-state index is 12.5. The van der Waals surface area contributed by atoms with Gasteiger partial charge in [0.15, 0.2) is 0 Å². The third-order valence-corrected chi connectivity index (χ3v) is 5.01. The summed E-state index contributed by atoms with van der Waals surface area (Å²) in [7, 11) is 0. The van der Waals surface area contributed by atoms with Gasteiger partial charge in [0.2, 0.25) is 5.91 Å². The van der Waals surface area contributed by atoms with Gasteiger partial charge in [-0.3, -0.25) is 9.59 Å². The first-order valence-corrected chi connectivity index (χ1v) is 9.63. The number of anilines is 1. The lowest BCUT2D eigenvalue weighted by atomic mass is 9.86. The van der Waals surface area contributed by atoms with Gasteiger partial charge in [-0.25, -0.2) is 0 Å². The van der Waals surface area contributed by atoms with E-state index in [1.54, 1.807) is 17.0 Å². The predicted molar refractivity (Wildman–Crippen MR) is 109 cm³/mol. The molecule has 2 aromatic carbocycles. The van der Waals surface area contributed by atoms with Crippen molar-refractivity contribution in [3.63, 3.8) is 0 Å². The molecule has 27 heavy (non-hydrogen) atoms. The van der Waals surface area contributed by atoms with Crippen molar-refractivity contribution in [2.45, 2.75) is 45.4 Å². The van der Waals surface area contributed by atoms with E-state index in [2.05, 4.69) is 50.4 Å². The van der Waals surface area contributed by atoms with E-state index in [0.29, 0.717) is 18.5 Å². The lowest BCUT2D eigenvalue weighted by Crippen LogP contribution is -2.27. The Morgan fingerprint density at radius 1 is 1.11 bits per heavy atom. The Labute approximate surface area is 161 Å². The van der Waals surface area contributed by atoms with Crippen molar-refractivity contribution < 1.29 is 9.59 Å². The van der Waals surface area contributed by atoms with Crippen LogP contribution in [-0.2, 0) is 16.6 Å². The van der Waals surface area contributed by atoms with Gasteiger partial charge in [-0.05, 0) is 47.6 Å². The first kappa shape index (κ1) is 19.2. The second-order valence-corrected chi connectivity index (χ2v) is 8.15. The Hall–Kier alpha value is -2.62. The second kappa shape index (κ2) is 7.95. The molecule has 0 aliphatic carbocycles. The molecule has 2 amide bonds. The number of carbonyl (C=O) groups excluding carboxylic acids is 2. The first-order chi connectivity index (χ1) is 12.8. The summed E-state index contributed by atoms with van der Waals surface area (Å²) in [5.74, 6) is 0.0288. The van der Waals surface area contributed by atoms with Crippen LogP contribution in [0.3, 0.4) is 0 Å². The standard InChI is InChI=1S/C23H28N2O2/c1-23(2,3)19-11-9-17(10-12-19)13-14-24-22(27)18-6-4-7-20(16-18)25-15-5-8-21(25)26/h4,6-7,9-12,16H,5,8,13-15H2,1-3H3,(H,24,27). The zero-order valence-electron chi connectivity index (χ0n) is 16.4. The highest BCUT2D eigenvalue weighted by atomic mass is 16.2. The zero-order chi connectivity index (χ0) is 19.4. The van der Waals surface area contributed by atoms with Gasteiger partial charge in [0.1, 0.15) is 0 Å². The fraction of sp³-hybridized carbons (Fsp3) is 0.391. The second-order valence-electron chi connectivity index (χ2n) is 8.15. The molecule has 1 aliphatic heterocycles. The Bertz CT molecular complexity index is 819. The average Bonchev–Trinajstić information content (AvgIpc) is 3.07. The number of nitrogens with one attached hydrogen (secondary N) is 1. The lowest BCUT2D eigenvalue weighted by Gasteiger charge is -2.19. The molecule has 1 heterocycles. The van der Waals surface area contributed by atoms with E-state index in [4.69, 9.17) is 0 Å². The van der Waals surface area contributed by atoms with Crippen molar-refractivity contribution in [2.24, 2.45) is 0 Å². The maximum atomic E-state index is 12.5. The molecule has 3 rings (SSSR count). The van der Waals surface area contributed by atoms with Crippen LogP contribution in [0.4, 0.5) is 5.69 Å². The minimum absolute atomic E-state index is 0.102. The number of hydrogen-bond acceptors (Lipinski definition) is 2. The van der Waals surface area contributed by atoms with Gasteiger partial charge in [-0.2, -0.15) is 0 Å². The molecule has 1 N–H and O–H groups in total.